The molecule has 3 N–H and O–H groups in total. The highest BCUT2D eigenvalue weighted by molar-refractivity contribution is 5.97. The van der Waals surface area contributed by atoms with E-state index in [-0.39, 0.29) is 36.7 Å². The van der Waals surface area contributed by atoms with E-state index in [1.807, 2.05) is 4.90 Å². The smallest absolute Gasteiger partial charge is 0.290 e. The molecule has 3 aliphatic rings. The number of nitrogens with zero attached hydrogens (tertiary/aromatic N) is 4. The minimum Gasteiger partial charge on any atom is -0.483 e. The van der Waals surface area contributed by atoms with E-state index in [9.17, 15) is 14.4 Å². The van der Waals surface area contributed by atoms with Crippen molar-refractivity contribution in [1.29, 1.82) is 0 Å². The molecule has 0 aromatic carbocycles. The number of hydrogen-bond donors (Lipinski definition) is 3. The molecule has 3 amide bonds. The van der Waals surface area contributed by atoms with Crippen molar-refractivity contribution in [3.8, 4) is 0 Å². The third kappa shape index (κ3) is 4.78. The zero-order chi connectivity index (χ0) is 21.7. The van der Waals surface area contributed by atoms with Gasteiger partial charge in [0.25, 0.3) is 12.4 Å². The number of carbonyl (C=O) groups excluding carboxylic acids is 3. The predicted octanol–water partition coefficient (Wildman–Crippen LogP) is -1.09. The molecule has 11 heteroatoms. The Labute approximate surface area is 174 Å². The van der Waals surface area contributed by atoms with Gasteiger partial charge in [-0.1, -0.05) is 0 Å². The molecule has 11 nitrogen and oxygen atoms in total. The Morgan fingerprint density at radius 3 is 2.67 bits per heavy atom. The Hall–Kier alpha value is -2.95. The molecule has 4 rings (SSSR count). The summed E-state index contributed by atoms with van der Waals surface area (Å²) in [7, 11) is 2.06. The Bertz CT molecular complexity index is 809. The van der Waals surface area contributed by atoms with Gasteiger partial charge in [-0.2, -0.15) is 5.10 Å². The SMILES string of the molecule is CN1CCCC(C(=O)N2CCc3c(C(=O)N4CCNC(=O)C4)n[nH]c3C2)C1.O=CO. The Kier molecular flexibility index (Phi) is 7.03. The van der Waals surface area contributed by atoms with Crippen LogP contribution in [0.4, 0.5) is 0 Å². The van der Waals surface area contributed by atoms with Gasteiger partial charge in [0.2, 0.25) is 11.8 Å². The highest BCUT2D eigenvalue weighted by atomic mass is 16.3. The Morgan fingerprint density at radius 2 is 1.97 bits per heavy atom. The maximum Gasteiger partial charge on any atom is 0.290 e. The molecule has 1 atom stereocenters. The summed E-state index contributed by atoms with van der Waals surface area (Å²) in [6.45, 7) is 3.71. The second-order valence-corrected chi connectivity index (χ2v) is 7.82. The van der Waals surface area contributed by atoms with Crippen LogP contribution < -0.4 is 5.32 Å². The minimum absolute atomic E-state index is 0.0567. The molecular weight excluding hydrogens is 392 g/mol. The number of amides is 3. The van der Waals surface area contributed by atoms with E-state index >= 15 is 0 Å². The number of carboxylic acid groups (broad SMARTS) is 1. The topological polar surface area (TPSA) is 139 Å². The van der Waals surface area contributed by atoms with Crippen molar-refractivity contribution in [2.75, 3.05) is 46.3 Å². The van der Waals surface area contributed by atoms with Crippen LogP contribution in [0.1, 0.15) is 34.6 Å². The number of fused-ring (bicyclic) bond motifs is 1. The van der Waals surface area contributed by atoms with Crippen LogP contribution in [0.2, 0.25) is 0 Å². The fourth-order valence-electron chi connectivity index (χ4n) is 4.27. The quantitative estimate of drug-likeness (QED) is 0.517. The van der Waals surface area contributed by atoms with Crippen LogP contribution in [0.5, 0.6) is 0 Å². The van der Waals surface area contributed by atoms with E-state index in [2.05, 4.69) is 27.5 Å². The second-order valence-electron chi connectivity index (χ2n) is 7.82. The first-order valence-corrected chi connectivity index (χ1v) is 10.1. The van der Waals surface area contributed by atoms with E-state index in [1.54, 1.807) is 0 Å². The number of piperazine rings is 1. The number of piperidine rings is 1. The third-order valence-corrected chi connectivity index (χ3v) is 5.75. The molecule has 0 aliphatic carbocycles. The molecule has 4 heterocycles. The van der Waals surface area contributed by atoms with Crippen molar-refractivity contribution in [2.45, 2.75) is 25.8 Å². The van der Waals surface area contributed by atoms with Gasteiger partial charge < -0.3 is 25.1 Å². The summed E-state index contributed by atoms with van der Waals surface area (Å²) in [5, 5.41) is 16.8. The van der Waals surface area contributed by atoms with Crippen LogP contribution in [0, 0.1) is 5.92 Å². The predicted molar refractivity (Wildman–Crippen MR) is 106 cm³/mol. The van der Waals surface area contributed by atoms with E-state index in [4.69, 9.17) is 9.90 Å². The van der Waals surface area contributed by atoms with Crippen molar-refractivity contribution in [2.24, 2.45) is 5.92 Å². The molecule has 30 heavy (non-hydrogen) atoms. The lowest BCUT2D eigenvalue weighted by Gasteiger charge is -2.34. The molecule has 1 aromatic heterocycles. The zero-order valence-electron chi connectivity index (χ0n) is 17.1. The van der Waals surface area contributed by atoms with E-state index in [1.165, 1.54) is 4.90 Å². The first kappa shape index (κ1) is 21.8. The van der Waals surface area contributed by atoms with Gasteiger partial charge in [0.05, 0.1) is 24.7 Å². The van der Waals surface area contributed by atoms with Crippen LogP contribution in [-0.4, -0.2) is 101 Å². The van der Waals surface area contributed by atoms with Crippen LogP contribution in [0.15, 0.2) is 0 Å². The van der Waals surface area contributed by atoms with Crippen molar-refractivity contribution in [1.82, 2.24) is 30.2 Å². The number of H-pyrrole nitrogens is 1. The molecule has 1 unspecified atom stereocenters. The van der Waals surface area contributed by atoms with Gasteiger partial charge in [-0.3, -0.25) is 24.3 Å². The summed E-state index contributed by atoms with van der Waals surface area (Å²) in [6.07, 6.45) is 2.61. The fraction of sp³-hybridized carbons (Fsp3) is 0.632. The van der Waals surface area contributed by atoms with E-state index < -0.39 is 0 Å². The molecule has 3 aliphatic heterocycles. The largest absolute Gasteiger partial charge is 0.483 e. The van der Waals surface area contributed by atoms with Crippen LogP contribution in [0.3, 0.4) is 0 Å². The zero-order valence-corrected chi connectivity index (χ0v) is 17.1. The first-order chi connectivity index (χ1) is 14.4. The lowest BCUT2D eigenvalue weighted by atomic mass is 9.95. The van der Waals surface area contributed by atoms with Gasteiger partial charge in [-0.15, -0.1) is 0 Å². The number of nitrogens with one attached hydrogen (secondary N) is 2. The molecule has 0 spiro atoms. The third-order valence-electron chi connectivity index (χ3n) is 5.75. The molecule has 164 valence electrons. The van der Waals surface area contributed by atoms with Crippen molar-refractivity contribution >= 4 is 24.2 Å². The summed E-state index contributed by atoms with van der Waals surface area (Å²) in [4.78, 5) is 51.2. The molecule has 1 aromatic rings. The molecule has 0 radical (unpaired) electrons. The van der Waals surface area contributed by atoms with Gasteiger partial charge in [-0.25, -0.2) is 0 Å². The number of rotatable bonds is 2. The molecular formula is C19H28N6O5. The summed E-state index contributed by atoms with van der Waals surface area (Å²) >= 11 is 0. The number of aromatic nitrogens is 2. The average Bonchev–Trinajstić information content (AvgIpc) is 3.16. The van der Waals surface area contributed by atoms with E-state index in [0.29, 0.717) is 38.3 Å². The van der Waals surface area contributed by atoms with Crippen molar-refractivity contribution in [3.05, 3.63) is 17.0 Å². The van der Waals surface area contributed by atoms with Crippen LogP contribution in [-0.2, 0) is 27.3 Å². The number of carbonyl (C=O) groups is 4. The maximum absolute atomic E-state index is 12.9. The van der Waals surface area contributed by atoms with Crippen LogP contribution in [0.25, 0.3) is 0 Å². The number of hydrogen-bond acceptors (Lipinski definition) is 6. The van der Waals surface area contributed by atoms with Gasteiger partial charge >= 0.3 is 0 Å². The monoisotopic (exact) mass is 420 g/mol. The molecule has 0 saturated carbocycles. The van der Waals surface area contributed by atoms with Gasteiger partial charge in [0.15, 0.2) is 5.69 Å². The lowest BCUT2D eigenvalue weighted by molar-refractivity contribution is -0.138. The highest BCUT2D eigenvalue weighted by Crippen LogP contribution is 2.25. The van der Waals surface area contributed by atoms with Crippen LogP contribution >= 0.6 is 0 Å². The minimum atomic E-state index is -0.250. The summed E-state index contributed by atoms with van der Waals surface area (Å²) in [5.41, 5.74) is 2.11. The van der Waals surface area contributed by atoms with E-state index in [0.717, 1.165) is 37.2 Å². The van der Waals surface area contributed by atoms with Gasteiger partial charge in [0.1, 0.15) is 0 Å². The highest BCUT2D eigenvalue weighted by Gasteiger charge is 2.34. The first-order valence-electron chi connectivity index (χ1n) is 10.1. The van der Waals surface area contributed by atoms with Crippen molar-refractivity contribution in [3.63, 3.8) is 0 Å². The Balaban J connectivity index is 0.000000806. The normalized spacial score (nSPS) is 21.8. The number of aromatic amines is 1. The fourth-order valence-corrected chi connectivity index (χ4v) is 4.27. The molecule has 0 bridgehead atoms. The van der Waals surface area contributed by atoms with Crippen molar-refractivity contribution < 1.29 is 24.3 Å². The number of likely N-dealkylation sites (tertiary alicyclic amines) is 1. The van der Waals surface area contributed by atoms with Gasteiger partial charge in [-0.05, 0) is 32.9 Å². The maximum atomic E-state index is 12.9. The summed E-state index contributed by atoms with van der Waals surface area (Å²) in [5.74, 6) is -0.104. The molecule has 2 saturated heterocycles. The summed E-state index contributed by atoms with van der Waals surface area (Å²) < 4.78 is 0. The lowest BCUT2D eigenvalue weighted by Crippen LogP contribution is -2.50. The Morgan fingerprint density at radius 1 is 1.20 bits per heavy atom. The second kappa shape index (κ2) is 9.70. The molecule has 2 fully saturated rings. The average molecular weight is 420 g/mol. The summed E-state index contributed by atoms with van der Waals surface area (Å²) in [6, 6.07) is 0. The van der Waals surface area contributed by atoms with Gasteiger partial charge in [0, 0.05) is 31.7 Å². The standard InChI is InChI=1S/C18H26N6O3.CH2O2/c1-22-6-2-3-12(9-22)17(26)23-7-4-13-14(10-23)20-21-16(13)18(27)24-8-5-19-15(25)11-24;2-1-3/h12H,2-11H2,1H3,(H,19,25)(H,20,21);1H,(H,2,3).